The Morgan fingerprint density at radius 1 is 0.941 bits per heavy atom. The summed E-state index contributed by atoms with van der Waals surface area (Å²) in [7, 11) is 1.55. The van der Waals surface area contributed by atoms with Gasteiger partial charge in [0.05, 0.1) is 18.5 Å². The lowest BCUT2D eigenvalue weighted by molar-refractivity contribution is 0.262. The lowest BCUT2D eigenvalue weighted by Crippen LogP contribution is -2.20. The molecule has 174 valence electrons. The standard InChI is InChI=1S/C26H26N4O4/c1-16-5-8-22(33-4)21(11-16)29-26(32)28-19-7-6-18(3)23(13-19)34-15-20-14-25(31)30-10-9-17(2)12-24(30)27-20/h5-14H,15H2,1-4H3,(H2,28,29,32). The maximum Gasteiger partial charge on any atom is 0.323 e. The minimum atomic E-state index is -0.404. The molecule has 0 aliphatic rings. The van der Waals surface area contributed by atoms with Gasteiger partial charge in [-0.05, 0) is 67.8 Å². The second kappa shape index (κ2) is 9.66. The molecule has 2 heterocycles. The first-order chi connectivity index (χ1) is 16.3. The third-order valence-electron chi connectivity index (χ3n) is 5.30. The molecule has 8 nitrogen and oxygen atoms in total. The number of urea groups is 1. The highest BCUT2D eigenvalue weighted by Crippen LogP contribution is 2.27. The minimum absolute atomic E-state index is 0.122. The number of nitrogens with one attached hydrogen (secondary N) is 2. The van der Waals surface area contributed by atoms with Crippen LogP contribution >= 0.6 is 0 Å². The number of carbonyl (C=O) groups is 1. The molecular weight excluding hydrogens is 432 g/mol. The number of rotatable bonds is 6. The molecule has 0 unspecified atom stereocenters. The molecule has 0 saturated heterocycles. The minimum Gasteiger partial charge on any atom is -0.495 e. The number of amides is 2. The number of hydrogen-bond donors (Lipinski definition) is 2. The number of aromatic nitrogens is 2. The van der Waals surface area contributed by atoms with Crippen molar-refractivity contribution < 1.29 is 14.3 Å². The average molecular weight is 459 g/mol. The SMILES string of the molecule is COc1ccc(C)cc1NC(=O)Nc1ccc(C)c(OCc2cc(=O)n3ccc(C)cc3n2)c1. The van der Waals surface area contributed by atoms with Crippen LogP contribution in [0.1, 0.15) is 22.4 Å². The molecule has 0 aliphatic carbocycles. The predicted octanol–water partition coefficient (Wildman–Crippen LogP) is 4.85. The zero-order valence-corrected chi connectivity index (χ0v) is 19.5. The van der Waals surface area contributed by atoms with E-state index < -0.39 is 6.03 Å². The number of nitrogens with zero attached hydrogens (tertiary/aromatic N) is 2. The van der Waals surface area contributed by atoms with E-state index in [1.807, 2.05) is 51.1 Å². The van der Waals surface area contributed by atoms with Crippen LogP contribution < -0.4 is 25.7 Å². The van der Waals surface area contributed by atoms with Crippen molar-refractivity contribution in [1.29, 1.82) is 0 Å². The maximum absolute atomic E-state index is 12.6. The van der Waals surface area contributed by atoms with Gasteiger partial charge in [-0.1, -0.05) is 12.1 Å². The van der Waals surface area contributed by atoms with Gasteiger partial charge < -0.3 is 20.1 Å². The summed E-state index contributed by atoms with van der Waals surface area (Å²) in [6.07, 6.45) is 1.71. The number of anilines is 2. The second-order valence-electron chi connectivity index (χ2n) is 8.07. The lowest BCUT2D eigenvalue weighted by Gasteiger charge is -2.14. The van der Waals surface area contributed by atoms with E-state index in [0.717, 1.165) is 16.7 Å². The number of carbonyl (C=O) groups excluding carboxylic acids is 1. The van der Waals surface area contributed by atoms with Crippen LogP contribution in [0.25, 0.3) is 5.65 Å². The van der Waals surface area contributed by atoms with Crippen molar-refractivity contribution >= 4 is 23.1 Å². The molecule has 2 amide bonds. The first-order valence-corrected chi connectivity index (χ1v) is 10.8. The van der Waals surface area contributed by atoms with E-state index in [-0.39, 0.29) is 12.2 Å². The van der Waals surface area contributed by atoms with Crippen molar-refractivity contribution in [1.82, 2.24) is 9.38 Å². The Morgan fingerprint density at radius 3 is 2.53 bits per heavy atom. The van der Waals surface area contributed by atoms with E-state index in [9.17, 15) is 9.59 Å². The van der Waals surface area contributed by atoms with Gasteiger partial charge in [-0.2, -0.15) is 0 Å². The molecule has 0 saturated carbocycles. The number of hydrogen-bond acceptors (Lipinski definition) is 5. The van der Waals surface area contributed by atoms with Gasteiger partial charge >= 0.3 is 6.03 Å². The van der Waals surface area contributed by atoms with Crippen molar-refractivity contribution in [2.75, 3.05) is 17.7 Å². The molecule has 0 spiro atoms. The molecule has 34 heavy (non-hydrogen) atoms. The number of ether oxygens (including phenoxy) is 2. The van der Waals surface area contributed by atoms with Crippen LogP contribution in [0.15, 0.2) is 65.6 Å². The first-order valence-electron chi connectivity index (χ1n) is 10.8. The van der Waals surface area contributed by atoms with Gasteiger partial charge in [-0.25, -0.2) is 9.78 Å². The molecule has 2 N–H and O–H groups in total. The van der Waals surface area contributed by atoms with Gasteiger partial charge in [0, 0.05) is 24.0 Å². The first kappa shape index (κ1) is 22.8. The van der Waals surface area contributed by atoms with Gasteiger partial charge in [0.1, 0.15) is 23.8 Å². The topological polar surface area (TPSA) is 94.0 Å². The predicted molar refractivity (Wildman–Crippen MR) is 132 cm³/mol. The molecule has 0 aliphatic heterocycles. The Morgan fingerprint density at radius 2 is 1.74 bits per heavy atom. The highest BCUT2D eigenvalue weighted by Gasteiger charge is 2.10. The summed E-state index contributed by atoms with van der Waals surface area (Å²) < 4.78 is 12.8. The highest BCUT2D eigenvalue weighted by atomic mass is 16.5. The molecule has 2 aromatic heterocycles. The smallest absolute Gasteiger partial charge is 0.323 e. The Labute approximate surface area is 197 Å². The van der Waals surface area contributed by atoms with Gasteiger partial charge in [0.2, 0.25) is 0 Å². The van der Waals surface area contributed by atoms with Gasteiger partial charge in [0.15, 0.2) is 0 Å². The summed E-state index contributed by atoms with van der Waals surface area (Å²) in [6, 6.07) is 15.7. The number of aryl methyl sites for hydroxylation is 3. The Hall–Kier alpha value is -4.33. The van der Waals surface area contributed by atoms with Crippen molar-refractivity contribution in [3.63, 3.8) is 0 Å². The third kappa shape index (κ3) is 5.17. The highest BCUT2D eigenvalue weighted by molar-refractivity contribution is 6.00. The van der Waals surface area contributed by atoms with E-state index in [1.54, 1.807) is 31.5 Å². The monoisotopic (exact) mass is 458 g/mol. The van der Waals surface area contributed by atoms with Gasteiger partial charge in [-0.15, -0.1) is 0 Å². The van der Waals surface area contributed by atoms with Crippen LogP contribution in [-0.4, -0.2) is 22.5 Å². The largest absolute Gasteiger partial charge is 0.495 e. The van der Waals surface area contributed by atoms with Crippen molar-refractivity contribution in [3.8, 4) is 11.5 Å². The average Bonchev–Trinajstić information content (AvgIpc) is 2.79. The third-order valence-corrected chi connectivity index (χ3v) is 5.30. The summed E-state index contributed by atoms with van der Waals surface area (Å²) >= 11 is 0. The summed E-state index contributed by atoms with van der Waals surface area (Å²) in [5.41, 5.74) is 4.97. The van der Waals surface area contributed by atoms with E-state index in [2.05, 4.69) is 15.6 Å². The van der Waals surface area contributed by atoms with Crippen LogP contribution in [0.3, 0.4) is 0 Å². The van der Waals surface area contributed by atoms with Gasteiger partial charge in [0.25, 0.3) is 5.56 Å². The van der Waals surface area contributed by atoms with Crippen molar-refractivity contribution in [3.05, 3.63) is 93.5 Å². The van der Waals surface area contributed by atoms with Gasteiger partial charge in [-0.3, -0.25) is 9.20 Å². The zero-order chi connectivity index (χ0) is 24.2. The van der Waals surface area contributed by atoms with Crippen LogP contribution in [-0.2, 0) is 6.61 Å². The van der Waals surface area contributed by atoms with Crippen LogP contribution in [0, 0.1) is 20.8 Å². The van der Waals surface area contributed by atoms with E-state index in [1.165, 1.54) is 10.5 Å². The molecule has 2 aromatic carbocycles. The molecule has 4 aromatic rings. The van der Waals surface area contributed by atoms with Crippen LogP contribution in [0.4, 0.5) is 16.2 Å². The summed E-state index contributed by atoms with van der Waals surface area (Å²) in [4.78, 5) is 29.5. The normalized spacial score (nSPS) is 10.7. The molecule has 0 bridgehead atoms. The Bertz CT molecular complexity index is 1430. The van der Waals surface area contributed by atoms with E-state index in [0.29, 0.717) is 34.2 Å². The van der Waals surface area contributed by atoms with Crippen molar-refractivity contribution in [2.24, 2.45) is 0 Å². The molecule has 0 radical (unpaired) electrons. The number of methoxy groups -OCH3 is 1. The zero-order valence-electron chi connectivity index (χ0n) is 19.5. The number of benzene rings is 2. The molecule has 0 fully saturated rings. The summed E-state index contributed by atoms with van der Waals surface area (Å²) in [5, 5.41) is 5.62. The summed E-state index contributed by atoms with van der Waals surface area (Å²) in [5.74, 6) is 1.15. The van der Waals surface area contributed by atoms with E-state index in [4.69, 9.17) is 9.47 Å². The molecule has 8 heteroatoms. The molecule has 4 rings (SSSR count). The van der Waals surface area contributed by atoms with E-state index >= 15 is 0 Å². The Kier molecular flexibility index (Phi) is 6.49. The molecular formula is C26H26N4O4. The fourth-order valence-electron chi connectivity index (χ4n) is 3.52. The quantitative estimate of drug-likeness (QED) is 0.431. The second-order valence-corrected chi connectivity index (χ2v) is 8.07. The fraction of sp³-hybridized carbons (Fsp3) is 0.192. The number of pyridine rings is 1. The summed E-state index contributed by atoms with van der Waals surface area (Å²) in [6.45, 7) is 5.91. The molecule has 0 atom stereocenters. The van der Waals surface area contributed by atoms with Crippen molar-refractivity contribution in [2.45, 2.75) is 27.4 Å². The Balaban J connectivity index is 1.47. The number of fused-ring (bicyclic) bond motifs is 1. The maximum atomic E-state index is 12.6. The van der Waals surface area contributed by atoms with Crippen LogP contribution in [0.5, 0.6) is 11.5 Å². The van der Waals surface area contributed by atoms with Crippen LogP contribution in [0.2, 0.25) is 0 Å². The lowest BCUT2D eigenvalue weighted by atomic mass is 10.2. The fourth-order valence-corrected chi connectivity index (χ4v) is 3.52.